The number of nitrogens with zero attached hydrogens (tertiary/aromatic N) is 2. The minimum atomic E-state index is -1.31. The van der Waals surface area contributed by atoms with E-state index in [-0.39, 0.29) is 13.1 Å². The Bertz CT molecular complexity index is 635. The zero-order valence-corrected chi connectivity index (χ0v) is 10.9. The molecule has 0 saturated carbocycles. The Kier molecular flexibility index (Phi) is 3.83. The Balaban J connectivity index is 2.37. The van der Waals surface area contributed by atoms with E-state index in [1.54, 1.807) is 0 Å². The first-order valence-corrected chi connectivity index (χ1v) is 6.05. The van der Waals surface area contributed by atoms with Gasteiger partial charge in [0, 0.05) is 13.1 Å². The van der Waals surface area contributed by atoms with Crippen LogP contribution in [0, 0.1) is 21.7 Å². The second kappa shape index (κ2) is 5.43. The Labute approximate surface area is 117 Å². The molecule has 9 heteroatoms. The van der Waals surface area contributed by atoms with E-state index in [0.717, 1.165) is 4.90 Å². The number of hydrogen-bond donors (Lipinski definition) is 1. The topological polar surface area (TPSA) is 92.6 Å². The maximum Gasteiger partial charge on any atom is 0.307 e. The van der Waals surface area contributed by atoms with Gasteiger partial charge in [-0.25, -0.2) is 4.39 Å². The number of nitrogens with one attached hydrogen (secondary N) is 1. The predicted molar refractivity (Wildman–Crippen MR) is 66.5 cm³/mol. The summed E-state index contributed by atoms with van der Waals surface area (Å²) in [6.45, 7) is 1.79. The molecule has 1 fully saturated rings. The number of halogens is 2. The zero-order valence-electron chi connectivity index (χ0n) is 10.9. The van der Waals surface area contributed by atoms with Crippen molar-refractivity contribution in [3.8, 4) is 0 Å². The standard InChI is InChI=1S/C12H11F2N3O4/c1-6-11(18)15-2-3-16(6)12(19)7-4-9(14)10(17(20)21)5-8(7)13/h4-6H,2-3H2,1H3,(H,15,18). The van der Waals surface area contributed by atoms with E-state index in [0.29, 0.717) is 12.1 Å². The number of amides is 2. The quantitative estimate of drug-likeness (QED) is 0.646. The van der Waals surface area contributed by atoms with Gasteiger partial charge < -0.3 is 10.2 Å². The lowest BCUT2D eigenvalue weighted by atomic mass is 10.1. The Hall–Kier alpha value is -2.58. The van der Waals surface area contributed by atoms with Crippen molar-refractivity contribution < 1.29 is 23.3 Å². The van der Waals surface area contributed by atoms with Crippen molar-refractivity contribution in [3.63, 3.8) is 0 Å². The highest BCUT2D eigenvalue weighted by molar-refractivity contribution is 5.98. The maximum absolute atomic E-state index is 13.8. The van der Waals surface area contributed by atoms with E-state index in [4.69, 9.17) is 0 Å². The third-order valence-corrected chi connectivity index (χ3v) is 3.22. The van der Waals surface area contributed by atoms with Gasteiger partial charge in [-0.15, -0.1) is 0 Å². The molecule has 2 amide bonds. The molecule has 7 nitrogen and oxygen atoms in total. The van der Waals surface area contributed by atoms with Crippen LogP contribution in [0.4, 0.5) is 14.5 Å². The number of carbonyl (C=O) groups excluding carboxylic acids is 2. The summed E-state index contributed by atoms with van der Waals surface area (Å²) in [4.78, 5) is 34.2. The first kappa shape index (κ1) is 14.8. The summed E-state index contributed by atoms with van der Waals surface area (Å²) in [5.41, 5.74) is -1.69. The maximum atomic E-state index is 13.8. The molecule has 0 radical (unpaired) electrons. The number of piperazine rings is 1. The smallest absolute Gasteiger partial charge is 0.307 e. The molecule has 21 heavy (non-hydrogen) atoms. The summed E-state index contributed by atoms with van der Waals surface area (Å²) in [6, 6.07) is 0.00985. The van der Waals surface area contributed by atoms with Gasteiger partial charge in [-0.05, 0) is 13.0 Å². The summed E-state index contributed by atoms with van der Waals surface area (Å²) in [6.07, 6.45) is 0. The summed E-state index contributed by atoms with van der Waals surface area (Å²) in [5.74, 6) is -3.80. The van der Waals surface area contributed by atoms with Crippen molar-refractivity contribution in [3.05, 3.63) is 39.4 Å². The van der Waals surface area contributed by atoms with Gasteiger partial charge in [0.15, 0.2) is 0 Å². The van der Waals surface area contributed by atoms with Crippen molar-refractivity contribution in [1.82, 2.24) is 10.2 Å². The predicted octanol–water partition coefficient (Wildman–Crippen LogP) is 0.834. The molecule has 1 aliphatic heterocycles. The molecule has 0 aromatic heterocycles. The lowest BCUT2D eigenvalue weighted by Crippen LogP contribution is -2.56. The fourth-order valence-electron chi connectivity index (χ4n) is 2.05. The molecule has 0 bridgehead atoms. The monoisotopic (exact) mass is 299 g/mol. The summed E-state index contributed by atoms with van der Waals surface area (Å²) >= 11 is 0. The van der Waals surface area contributed by atoms with Crippen LogP contribution in [0.25, 0.3) is 0 Å². The van der Waals surface area contributed by atoms with Gasteiger partial charge in [0.25, 0.3) is 5.91 Å². The third kappa shape index (κ3) is 2.67. The summed E-state index contributed by atoms with van der Waals surface area (Å²) in [5, 5.41) is 13.0. The normalized spacial score (nSPS) is 18.3. The summed E-state index contributed by atoms with van der Waals surface area (Å²) < 4.78 is 27.3. The van der Waals surface area contributed by atoms with Crippen molar-refractivity contribution in [2.24, 2.45) is 0 Å². The number of hydrogen-bond acceptors (Lipinski definition) is 4. The lowest BCUT2D eigenvalue weighted by Gasteiger charge is -2.32. The third-order valence-electron chi connectivity index (χ3n) is 3.22. The van der Waals surface area contributed by atoms with Crippen LogP contribution in [-0.2, 0) is 4.79 Å². The van der Waals surface area contributed by atoms with E-state index >= 15 is 0 Å². The molecule has 1 heterocycles. The first-order valence-electron chi connectivity index (χ1n) is 6.05. The van der Waals surface area contributed by atoms with E-state index in [1.807, 2.05) is 0 Å². The van der Waals surface area contributed by atoms with Gasteiger partial charge in [0.2, 0.25) is 11.7 Å². The van der Waals surface area contributed by atoms with Gasteiger partial charge in [0.1, 0.15) is 11.9 Å². The van der Waals surface area contributed by atoms with E-state index in [1.165, 1.54) is 6.92 Å². The van der Waals surface area contributed by atoms with E-state index in [2.05, 4.69) is 5.32 Å². The van der Waals surface area contributed by atoms with Gasteiger partial charge in [-0.2, -0.15) is 4.39 Å². The molecule has 1 N–H and O–H groups in total. The molecule has 1 unspecified atom stereocenters. The van der Waals surface area contributed by atoms with Gasteiger partial charge in [-0.1, -0.05) is 0 Å². The second-order valence-electron chi connectivity index (χ2n) is 4.51. The van der Waals surface area contributed by atoms with E-state index < -0.39 is 45.7 Å². The van der Waals surface area contributed by atoms with Crippen LogP contribution in [-0.4, -0.2) is 40.8 Å². The largest absolute Gasteiger partial charge is 0.353 e. The molecule has 1 aromatic rings. The van der Waals surface area contributed by atoms with Crippen LogP contribution in [0.2, 0.25) is 0 Å². The Morgan fingerprint density at radius 2 is 2.10 bits per heavy atom. The molecule has 1 atom stereocenters. The van der Waals surface area contributed by atoms with Crippen molar-refractivity contribution >= 4 is 17.5 Å². The molecule has 2 rings (SSSR count). The highest BCUT2D eigenvalue weighted by Gasteiger charge is 2.32. The Morgan fingerprint density at radius 1 is 1.43 bits per heavy atom. The SMILES string of the molecule is CC1C(=O)NCCN1C(=O)c1cc(F)c([N+](=O)[O-])cc1F. The van der Waals surface area contributed by atoms with Gasteiger partial charge >= 0.3 is 5.69 Å². The van der Waals surface area contributed by atoms with Crippen LogP contribution < -0.4 is 5.32 Å². The van der Waals surface area contributed by atoms with Crippen LogP contribution in [0.1, 0.15) is 17.3 Å². The van der Waals surface area contributed by atoms with E-state index in [9.17, 15) is 28.5 Å². The molecule has 112 valence electrons. The van der Waals surface area contributed by atoms with Crippen LogP contribution >= 0.6 is 0 Å². The average Bonchev–Trinajstić information content (AvgIpc) is 2.43. The van der Waals surface area contributed by atoms with Crippen LogP contribution in [0.5, 0.6) is 0 Å². The fraction of sp³-hybridized carbons (Fsp3) is 0.333. The first-order chi connectivity index (χ1) is 9.82. The molecular formula is C12H11F2N3O4. The lowest BCUT2D eigenvalue weighted by molar-refractivity contribution is -0.387. The average molecular weight is 299 g/mol. The van der Waals surface area contributed by atoms with Gasteiger partial charge in [0.05, 0.1) is 16.6 Å². The fourth-order valence-corrected chi connectivity index (χ4v) is 2.05. The van der Waals surface area contributed by atoms with Gasteiger partial charge in [-0.3, -0.25) is 19.7 Å². The summed E-state index contributed by atoms with van der Waals surface area (Å²) in [7, 11) is 0. The minimum Gasteiger partial charge on any atom is -0.353 e. The van der Waals surface area contributed by atoms with Crippen LogP contribution in [0.15, 0.2) is 12.1 Å². The highest BCUT2D eigenvalue weighted by Crippen LogP contribution is 2.23. The molecule has 1 aromatic carbocycles. The minimum absolute atomic E-state index is 0.143. The zero-order chi connectivity index (χ0) is 15.7. The molecule has 0 spiro atoms. The molecule has 1 aliphatic rings. The number of benzene rings is 1. The molecule has 0 aliphatic carbocycles. The van der Waals surface area contributed by atoms with Crippen molar-refractivity contribution in [1.29, 1.82) is 0 Å². The number of nitro groups is 1. The number of carbonyl (C=O) groups is 2. The number of rotatable bonds is 2. The second-order valence-corrected chi connectivity index (χ2v) is 4.51. The van der Waals surface area contributed by atoms with Crippen molar-refractivity contribution in [2.45, 2.75) is 13.0 Å². The molecule has 1 saturated heterocycles. The Morgan fingerprint density at radius 3 is 2.71 bits per heavy atom. The number of nitro benzene ring substituents is 1. The highest BCUT2D eigenvalue weighted by atomic mass is 19.1. The van der Waals surface area contributed by atoms with Crippen LogP contribution in [0.3, 0.4) is 0 Å². The van der Waals surface area contributed by atoms with Crippen molar-refractivity contribution in [2.75, 3.05) is 13.1 Å². The molecular weight excluding hydrogens is 288 g/mol.